The van der Waals surface area contributed by atoms with E-state index < -0.39 is 0 Å². The van der Waals surface area contributed by atoms with Gasteiger partial charge in [-0.3, -0.25) is 0 Å². The molecule has 1 unspecified atom stereocenters. The third kappa shape index (κ3) is 8.18. The number of ether oxygens (including phenoxy) is 2. The van der Waals surface area contributed by atoms with Gasteiger partial charge in [-0.25, -0.2) is 0 Å². The van der Waals surface area contributed by atoms with Gasteiger partial charge in [0.15, 0.2) is 0 Å². The van der Waals surface area contributed by atoms with Crippen molar-refractivity contribution in [3.8, 4) is 0 Å². The van der Waals surface area contributed by atoms with Crippen LogP contribution in [0.15, 0.2) is 0 Å². The quantitative estimate of drug-likeness (QED) is 0.544. The van der Waals surface area contributed by atoms with Gasteiger partial charge < -0.3 is 20.1 Å². The van der Waals surface area contributed by atoms with Gasteiger partial charge >= 0.3 is 0 Å². The van der Waals surface area contributed by atoms with Gasteiger partial charge in [0.25, 0.3) is 0 Å². The Morgan fingerprint density at radius 1 is 1.31 bits per heavy atom. The summed E-state index contributed by atoms with van der Waals surface area (Å²) in [4.78, 5) is 2.20. The van der Waals surface area contributed by atoms with E-state index in [4.69, 9.17) is 15.2 Å². The Balaban J connectivity index is 3.32. The Labute approximate surface area is 81.0 Å². The van der Waals surface area contributed by atoms with Crippen LogP contribution in [0, 0.1) is 0 Å². The predicted octanol–water partition coefficient (Wildman–Crippen LogP) is -0.0716. The second kappa shape index (κ2) is 8.44. The molecule has 0 aliphatic rings. The van der Waals surface area contributed by atoms with Crippen molar-refractivity contribution < 1.29 is 9.47 Å². The predicted molar refractivity (Wildman–Crippen MR) is 53.8 cm³/mol. The molecule has 0 aromatic carbocycles. The van der Waals surface area contributed by atoms with Gasteiger partial charge in [0.2, 0.25) is 0 Å². The van der Waals surface area contributed by atoms with E-state index in [9.17, 15) is 0 Å². The topological polar surface area (TPSA) is 47.7 Å². The van der Waals surface area contributed by atoms with E-state index in [0.717, 1.165) is 26.1 Å². The zero-order chi connectivity index (χ0) is 10.1. The van der Waals surface area contributed by atoms with E-state index >= 15 is 0 Å². The largest absolute Gasteiger partial charge is 0.385 e. The Morgan fingerprint density at radius 2 is 2.00 bits per heavy atom. The first kappa shape index (κ1) is 12.8. The number of nitrogens with zero attached hydrogens (tertiary/aromatic N) is 1. The normalized spacial score (nSPS) is 13.6. The first-order valence-corrected chi connectivity index (χ1v) is 4.62. The molecule has 0 aliphatic carbocycles. The number of hydrogen-bond acceptors (Lipinski definition) is 4. The summed E-state index contributed by atoms with van der Waals surface area (Å²) in [5.41, 5.74) is 5.79. The monoisotopic (exact) mass is 190 g/mol. The van der Waals surface area contributed by atoms with Crippen LogP contribution in [-0.2, 0) is 9.47 Å². The summed E-state index contributed by atoms with van der Waals surface area (Å²) in [7, 11) is 5.45. The lowest BCUT2D eigenvalue weighted by atomic mass is 10.3. The summed E-state index contributed by atoms with van der Waals surface area (Å²) in [6.07, 6.45) is 1.05. The first-order chi connectivity index (χ1) is 6.20. The van der Waals surface area contributed by atoms with Crippen molar-refractivity contribution in [1.82, 2.24) is 4.90 Å². The molecular weight excluding hydrogens is 168 g/mol. The van der Waals surface area contributed by atoms with Crippen LogP contribution in [0.3, 0.4) is 0 Å². The highest BCUT2D eigenvalue weighted by molar-refractivity contribution is 4.64. The van der Waals surface area contributed by atoms with Gasteiger partial charge in [-0.1, -0.05) is 0 Å². The van der Waals surface area contributed by atoms with E-state index in [1.165, 1.54) is 0 Å². The third-order valence-corrected chi connectivity index (χ3v) is 1.82. The maximum atomic E-state index is 5.79. The van der Waals surface area contributed by atoms with E-state index in [-0.39, 0.29) is 6.04 Å². The third-order valence-electron chi connectivity index (χ3n) is 1.82. The molecule has 0 heterocycles. The SMILES string of the molecule is COCCCN(C)CC(N)COC. The second-order valence-electron chi connectivity index (χ2n) is 3.32. The molecule has 1 atom stereocenters. The fraction of sp³-hybridized carbons (Fsp3) is 1.00. The molecule has 4 heteroatoms. The molecule has 0 radical (unpaired) electrons. The highest BCUT2D eigenvalue weighted by Crippen LogP contribution is 1.90. The Morgan fingerprint density at radius 3 is 2.54 bits per heavy atom. The van der Waals surface area contributed by atoms with Crippen molar-refractivity contribution in [3.05, 3.63) is 0 Å². The summed E-state index contributed by atoms with van der Waals surface area (Å²) in [5.74, 6) is 0. The van der Waals surface area contributed by atoms with Crippen LogP contribution in [0.4, 0.5) is 0 Å². The van der Waals surface area contributed by atoms with Crippen molar-refractivity contribution in [3.63, 3.8) is 0 Å². The molecule has 0 spiro atoms. The molecule has 2 N–H and O–H groups in total. The van der Waals surface area contributed by atoms with Crippen LogP contribution >= 0.6 is 0 Å². The second-order valence-corrected chi connectivity index (χ2v) is 3.32. The molecule has 0 saturated heterocycles. The molecule has 13 heavy (non-hydrogen) atoms. The number of hydrogen-bond donors (Lipinski definition) is 1. The highest BCUT2D eigenvalue weighted by atomic mass is 16.5. The first-order valence-electron chi connectivity index (χ1n) is 4.62. The van der Waals surface area contributed by atoms with Crippen LogP contribution in [0.5, 0.6) is 0 Å². The molecule has 0 saturated carbocycles. The molecule has 0 amide bonds. The van der Waals surface area contributed by atoms with E-state index in [1.54, 1.807) is 14.2 Å². The van der Waals surface area contributed by atoms with E-state index in [2.05, 4.69) is 11.9 Å². The van der Waals surface area contributed by atoms with Gasteiger partial charge in [0, 0.05) is 40.0 Å². The number of methoxy groups -OCH3 is 2. The number of nitrogens with two attached hydrogens (primary N) is 1. The Hall–Kier alpha value is -0.160. The van der Waals surface area contributed by atoms with E-state index in [0.29, 0.717) is 6.61 Å². The minimum Gasteiger partial charge on any atom is -0.385 e. The molecule has 0 aromatic rings. The van der Waals surface area contributed by atoms with Gasteiger partial charge in [0.1, 0.15) is 0 Å². The molecular formula is C9H22N2O2. The minimum absolute atomic E-state index is 0.109. The number of rotatable bonds is 8. The summed E-state index contributed by atoms with van der Waals surface area (Å²) in [5, 5.41) is 0. The fourth-order valence-electron chi connectivity index (χ4n) is 1.24. The maximum absolute atomic E-state index is 5.79. The summed E-state index contributed by atoms with van der Waals surface area (Å²) >= 11 is 0. The molecule has 0 aromatic heterocycles. The van der Waals surface area contributed by atoms with Crippen LogP contribution < -0.4 is 5.73 Å². The zero-order valence-electron chi connectivity index (χ0n) is 8.95. The van der Waals surface area contributed by atoms with Gasteiger partial charge in [-0.15, -0.1) is 0 Å². The van der Waals surface area contributed by atoms with Gasteiger partial charge in [-0.2, -0.15) is 0 Å². The Bertz CT molecular complexity index is 112. The average molecular weight is 190 g/mol. The lowest BCUT2D eigenvalue weighted by Gasteiger charge is -2.20. The summed E-state index contributed by atoms with van der Waals surface area (Å²) < 4.78 is 9.92. The lowest BCUT2D eigenvalue weighted by Crippen LogP contribution is -2.38. The molecule has 0 aliphatic heterocycles. The zero-order valence-corrected chi connectivity index (χ0v) is 8.95. The van der Waals surface area contributed by atoms with Crippen molar-refractivity contribution in [2.24, 2.45) is 5.73 Å². The van der Waals surface area contributed by atoms with Crippen LogP contribution in [0.1, 0.15) is 6.42 Å². The fourth-order valence-corrected chi connectivity index (χ4v) is 1.24. The van der Waals surface area contributed by atoms with Crippen LogP contribution in [-0.4, -0.2) is 58.5 Å². The number of likely N-dealkylation sites (N-methyl/N-ethyl adjacent to an activating group) is 1. The molecule has 80 valence electrons. The summed E-state index contributed by atoms with van der Waals surface area (Å²) in [6.45, 7) is 3.32. The van der Waals surface area contributed by atoms with Crippen molar-refractivity contribution in [1.29, 1.82) is 0 Å². The van der Waals surface area contributed by atoms with Crippen molar-refractivity contribution in [2.45, 2.75) is 12.5 Å². The van der Waals surface area contributed by atoms with Crippen LogP contribution in [0.25, 0.3) is 0 Å². The van der Waals surface area contributed by atoms with Crippen molar-refractivity contribution in [2.75, 3.05) is 47.6 Å². The minimum atomic E-state index is 0.109. The summed E-state index contributed by atoms with van der Waals surface area (Å²) in [6, 6.07) is 0.109. The molecule has 0 bridgehead atoms. The van der Waals surface area contributed by atoms with E-state index in [1.807, 2.05) is 0 Å². The Kier molecular flexibility index (Phi) is 8.33. The van der Waals surface area contributed by atoms with Gasteiger partial charge in [0.05, 0.1) is 6.61 Å². The lowest BCUT2D eigenvalue weighted by molar-refractivity contribution is 0.151. The maximum Gasteiger partial charge on any atom is 0.0626 e. The van der Waals surface area contributed by atoms with Crippen molar-refractivity contribution >= 4 is 0 Å². The van der Waals surface area contributed by atoms with Gasteiger partial charge in [-0.05, 0) is 13.5 Å². The highest BCUT2D eigenvalue weighted by Gasteiger charge is 2.05. The standard InChI is InChI=1S/C9H22N2O2/c1-11(5-4-6-12-2)7-9(10)8-13-3/h9H,4-8,10H2,1-3H3. The molecule has 0 fully saturated rings. The molecule has 0 rings (SSSR count). The average Bonchev–Trinajstić information content (AvgIpc) is 2.05. The van der Waals surface area contributed by atoms with Crippen LogP contribution in [0.2, 0.25) is 0 Å². The molecule has 4 nitrogen and oxygen atoms in total. The smallest absolute Gasteiger partial charge is 0.0626 e.